The fraction of sp³-hybridized carbons (Fsp3) is 0.182. The maximum Gasteiger partial charge on any atom is 0.230 e. The van der Waals surface area contributed by atoms with Crippen LogP contribution in [0.4, 0.5) is 10.3 Å². The summed E-state index contributed by atoms with van der Waals surface area (Å²) in [6, 6.07) is 1.26. The van der Waals surface area contributed by atoms with Crippen LogP contribution in [0.15, 0.2) is 21.3 Å². The highest BCUT2D eigenvalue weighted by Crippen LogP contribution is 2.46. The van der Waals surface area contributed by atoms with Gasteiger partial charge in [0.05, 0.1) is 16.2 Å². The van der Waals surface area contributed by atoms with Crippen LogP contribution in [-0.4, -0.2) is 18.4 Å². The standard InChI is InChI=1S/C11H8BrFN2O3/c12-9-8(5-4-15-18-11(5)14)6(13)3-7-10(9)17-2-1-16-7/h3-4H,1-2,14H2. The lowest BCUT2D eigenvalue weighted by Gasteiger charge is -2.21. The lowest BCUT2D eigenvalue weighted by atomic mass is 10.1. The van der Waals surface area contributed by atoms with Crippen LogP contribution >= 0.6 is 15.9 Å². The zero-order valence-corrected chi connectivity index (χ0v) is 10.7. The Morgan fingerprint density at radius 2 is 2.11 bits per heavy atom. The van der Waals surface area contributed by atoms with Crippen molar-refractivity contribution in [3.63, 3.8) is 0 Å². The molecule has 0 spiro atoms. The fourth-order valence-corrected chi connectivity index (χ4v) is 2.51. The van der Waals surface area contributed by atoms with Gasteiger partial charge in [-0.05, 0) is 15.9 Å². The van der Waals surface area contributed by atoms with E-state index in [1.54, 1.807) is 0 Å². The molecule has 0 saturated carbocycles. The van der Waals surface area contributed by atoms with E-state index in [2.05, 4.69) is 21.1 Å². The van der Waals surface area contributed by atoms with Crippen molar-refractivity contribution < 1.29 is 18.4 Å². The van der Waals surface area contributed by atoms with Gasteiger partial charge in [-0.15, -0.1) is 0 Å². The molecule has 1 aromatic carbocycles. The van der Waals surface area contributed by atoms with Crippen LogP contribution in [0.2, 0.25) is 0 Å². The van der Waals surface area contributed by atoms with Gasteiger partial charge in [-0.3, -0.25) is 0 Å². The van der Waals surface area contributed by atoms with Gasteiger partial charge in [0, 0.05) is 11.6 Å². The van der Waals surface area contributed by atoms with Crippen LogP contribution in [0, 0.1) is 5.82 Å². The van der Waals surface area contributed by atoms with Crippen LogP contribution < -0.4 is 15.2 Å². The molecule has 3 rings (SSSR count). The van der Waals surface area contributed by atoms with Gasteiger partial charge in [0.15, 0.2) is 11.5 Å². The highest BCUT2D eigenvalue weighted by atomic mass is 79.9. The molecule has 1 aliphatic heterocycles. The molecule has 2 N–H and O–H groups in total. The molecule has 2 heterocycles. The minimum atomic E-state index is -0.485. The molecular formula is C11H8BrFN2O3. The maximum absolute atomic E-state index is 14.1. The van der Waals surface area contributed by atoms with E-state index in [-0.39, 0.29) is 11.4 Å². The number of halogens is 2. The maximum atomic E-state index is 14.1. The van der Waals surface area contributed by atoms with Crippen molar-refractivity contribution in [3.05, 3.63) is 22.6 Å². The van der Waals surface area contributed by atoms with E-state index in [0.717, 1.165) is 0 Å². The normalized spacial score (nSPS) is 13.7. The molecule has 1 aliphatic rings. The van der Waals surface area contributed by atoms with E-state index >= 15 is 0 Å². The number of aromatic nitrogens is 1. The van der Waals surface area contributed by atoms with Gasteiger partial charge in [0.25, 0.3) is 0 Å². The first-order valence-corrected chi connectivity index (χ1v) is 5.96. The average Bonchev–Trinajstić information content (AvgIpc) is 2.76. The Labute approximate surface area is 110 Å². The van der Waals surface area contributed by atoms with Gasteiger partial charge < -0.3 is 19.7 Å². The number of ether oxygens (including phenoxy) is 2. The summed E-state index contributed by atoms with van der Waals surface area (Å²) in [6.07, 6.45) is 1.36. The first kappa shape index (κ1) is 11.3. The quantitative estimate of drug-likeness (QED) is 0.876. The zero-order valence-electron chi connectivity index (χ0n) is 9.07. The highest BCUT2D eigenvalue weighted by Gasteiger charge is 2.24. The molecule has 0 fully saturated rings. The molecule has 18 heavy (non-hydrogen) atoms. The van der Waals surface area contributed by atoms with Crippen molar-refractivity contribution in [1.29, 1.82) is 0 Å². The number of anilines is 1. The number of nitrogens with zero attached hydrogens (tertiary/aromatic N) is 1. The van der Waals surface area contributed by atoms with E-state index in [4.69, 9.17) is 19.7 Å². The van der Waals surface area contributed by atoms with Crippen LogP contribution in [0.3, 0.4) is 0 Å². The van der Waals surface area contributed by atoms with Gasteiger partial charge >= 0.3 is 0 Å². The van der Waals surface area contributed by atoms with Crippen molar-refractivity contribution in [2.24, 2.45) is 0 Å². The second-order valence-corrected chi connectivity index (χ2v) is 4.47. The third-order valence-electron chi connectivity index (χ3n) is 2.59. The van der Waals surface area contributed by atoms with Crippen molar-refractivity contribution in [1.82, 2.24) is 5.16 Å². The monoisotopic (exact) mass is 314 g/mol. The Balaban J connectivity index is 2.24. The summed E-state index contributed by atoms with van der Waals surface area (Å²) in [5.41, 5.74) is 6.22. The molecule has 0 bridgehead atoms. The zero-order chi connectivity index (χ0) is 12.7. The lowest BCUT2D eigenvalue weighted by Crippen LogP contribution is -2.16. The van der Waals surface area contributed by atoms with E-state index in [9.17, 15) is 4.39 Å². The molecule has 0 saturated heterocycles. The van der Waals surface area contributed by atoms with Gasteiger partial charge in [-0.25, -0.2) is 4.39 Å². The van der Waals surface area contributed by atoms with Gasteiger partial charge in [0.2, 0.25) is 5.88 Å². The second-order valence-electron chi connectivity index (χ2n) is 3.68. The Morgan fingerprint density at radius 1 is 1.33 bits per heavy atom. The minimum absolute atomic E-state index is 0.0475. The number of rotatable bonds is 1. The highest BCUT2D eigenvalue weighted by molar-refractivity contribution is 9.10. The summed E-state index contributed by atoms with van der Waals surface area (Å²) in [5.74, 6) is 0.384. The molecule has 2 aromatic rings. The predicted octanol–water partition coefficient (Wildman–Crippen LogP) is 2.60. The SMILES string of the molecule is Nc1oncc1-c1c(F)cc2c(c1Br)OCCO2. The second kappa shape index (κ2) is 4.16. The average molecular weight is 315 g/mol. The molecule has 1 aromatic heterocycles. The molecule has 0 aliphatic carbocycles. The summed E-state index contributed by atoms with van der Waals surface area (Å²) in [4.78, 5) is 0. The molecule has 0 amide bonds. The van der Waals surface area contributed by atoms with Crippen molar-refractivity contribution in [2.75, 3.05) is 18.9 Å². The topological polar surface area (TPSA) is 70.5 Å². The number of fused-ring (bicyclic) bond motifs is 1. The van der Waals surface area contributed by atoms with Gasteiger partial charge in [-0.1, -0.05) is 5.16 Å². The number of benzene rings is 1. The summed E-state index contributed by atoms with van der Waals surface area (Å²) in [5, 5.41) is 3.53. The summed E-state index contributed by atoms with van der Waals surface area (Å²) in [7, 11) is 0. The third-order valence-corrected chi connectivity index (χ3v) is 3.35. The molecule has 7 heteroatoms. The van der Waals surface area contributed by atoms with Crippen LogP contribution in [-0.2, 0) is 0 Å². The van der Waals surface area contributed by atoms with Crippen LogP contribution in [0.1, 0.15) is 0 Å². The van der Waals surface area contributed by atoms with Crippen LogP contribution in [0.5, 0.6) is 11.5 Å². The Morgan fingerprint density at radius 3 is 2.83 bits per heavy atom. The van der Waals surface area contributed by atoms with Crippen LogP contribution in [0.25, 0.3) is 11.1 Å². The molecular weight excluding hydrogens is 307 g/mol. The molecule has 94 valence electrons. The predicted molar refractivity (Wildman–Crippen MR) is 65.0 cm³/mol. The minimum Gasteiger partial charge on any atom is -0.486 e. The van der Waals surface area contributed by atoms with Crippen molar-refractivity contribution in [3.8, 4) is 22.6 Å². The Kier molecular flexibility index (Phi) is 2.62. The van der Waals surface area contributed by atoms with E-state index in [0.29, 0.717) is 34.7 Å². The summed E-state index contributed by atoms with van der Waals surface area (Å²) >= 11 is 3.30. The summed E-state index contributed by atoms with van der Waals surface area (Å²) in [6.45, 7) is 0.809. The first-order chi connectivity index (χ1) is 8.68. The Bertz CT molecular complexity index is 615. The number of hydrogen-bond donors (Lipinski definition) is 1. The number of nitrogen functional groups attached to an aromatic ring is 1. The van der Waals surface area contributed by atoms with Crippen molar-refractivity contribution in [2.45, 2.75) is 0 Å². The number of nitrogens with two attached hydrogens (primary N) is 1. The lowest BCUT2D eigenvalue weighted by molar-refractivity contribution is 0.169. The summed E-state index contributed by atoms with van der Waals surface area (Å²) < 4.78 is 30.0. The third kappa shape index (κ3) is 1.62. The van der Waals surface area contributed by atoms with E-state index in [1.807, 2.05) is 0 Å². The van der Waals surface area contributed by atoms with Gasteiger partial charge in [-0.2, -0.15) is 0 Å². The smallest absolute Gasteiger partial charge is 0.230 e. The molecule has 0 unspecified atom stereocenters. The first-order valence-electron chi connectivity index (χ1n) is 5.16. The van der Waals surface area contributed by atoms with Crippen molar-refractivity contribution >= 4 is 21.8 Å². The fourth-order valence-electron chi connectivity index (χ4n) is 1.80. The van der Waals surface area contributed by atoms with Gasteiger partial charge in [0.1, 0.15) is 19.0 Å². The van der Waals surface area contributed by atoms with E-state index < -0.39 is 5.82 Å². The molecule has 0 atom stereocenters. The number of hydrogen-bond acceptors (Lipinski definition) is 5. The largest absolute Gasteiger partial charge is 0.486 e. The molecule has 0 radical (unpaired) electrons. The molecule has 5 nitrogen and oxygen atoms in total. The van der Waals surface area contributed by atoms with E-state index in [1.165, 1.54) is 12.3 Å². The Hall–Kier alpha value is -1.76.